The van der Waals surface area contributed by atoms with Crippen molar-refractivity contribution >= 4 is 21.6 Å². The first-order chi connectivity index (χ1) is 16.8. The summed E-state index contributed by atoms with van der Waals surface area (Å²) in [7, 11) is -4.09. The number of hydrogen-bond donors (Lipinski definition) is 1. The standard InChI is InChI=1S/C23H26F5N3O4S/c1-4-6-17-16-8-5-7-15(11-16)12-18-20(29-36(33,34)21(25)26)23(27,28)13-31(18)22(32)30(3)9-10-35-19(17)14(2)24/h4-8,11,18,20-21,29H,1,9-10,12-13H2,2-3H3/b17-6-,19-14-/t18-,20+/m0/s1. The Labute approximate surface area is 205 Å². The highest BCUT2D eigenvalue weighted by Gasteiger charge is 2.58. The number of carbonyl (C=O) groups is 1. The van der Waals surface area contributed by atoms with E-state index in [0.717, 1.165) is 9.80 Å². The van der Waals surface area contributed by atoms with Gasteiger partial charge < -0.3 is 14.5 Å². The van der Waals surface area contributed by atoms with Gasteiger partial charge in [-0.2, -0.15) is 13.5 Å². The second-order valence-corrected chi connectivity index (χ2v) is 10.2. The Morgan fingerprint density at radius 3 is 2.64 bits per heavy atom. The van der Waals surface area contributed by atoms with Crippen molar-refractivity contribution in [3.8, 4) is 0 Å². The predicted octanol–water partition coefficient (Wildman–Crippen LogP) is 3.91. The summed E-state index contributed by atoms with van der Waals surface area (Å²) in [6.45, 7) is 3.32. The molecule has 0 unspecified atom stereocenters. The molecule has 13 heteroatoms. The van der Waals surface area contributed by atoms with Gasteiger partial charge in [0.2, 0.25) is 0 Å². The molecule has 0 aromatic heterocycles. The molecule has 198 valence electrons. The van der Waals surface area contributed by atoms with E-state index in [1.54, 1.807) is 24.3 Å². The van der Waals surface area contributed by atoms with Crippen LogP contribution in [0.2, 0.25) is 0 Å². The molecule has 7 nitrogen and oxygen atoms in total. The van der Waals surface area contributed by atoms with E-state index < -0.39 is 52.2 Å². The number of carbonyl (C=O) groups excluding carboxylic acids is 1. The largest absolute Gasteiger partial charge is 0.488 e. The average Bonchev–Trinajstić information content (AvgIpc) is 3.03. The van der Waals surface area contributed by atoms with Crippen LogP contribution in [0.4, 0.5) is 26.7 Å². The third-order valence-corrected chi connectivity index (χ3v) is 6.97. The maximum Gasteiger partial charge on any atom is 0.350 e. The molecular formula is C23H26F5N3O4S. The van der Waals surface area contributed by atoms with Crippen molar-refractivity contribution in [3.63, 3.8) is 0 Å². The van der Waals surface area contributed by atoms with Crippen molar-refractivity contribution < 1.29 is 39.9 Å². The average molecular weight is 536 g/mol. The molecule has 2 bridgehead atoms. The smallest absolute Gasteiger partial charge is 0.350 e. The molecule has 2 atom stereocenters. The number of nitrogens with zero attached hydrogens (tertiary/aromatic N) is 2. The molecule has 0 spiro atoms. The normalized spacial score (nSPS) is 25.6. The number of urea groups is 1. The van der Waals surface area contributed by atoms with Gasteiger partial charge in [-0.15, -0.1) is 0 Å². The Kier molecular flexibility index (Phi) is 8.13. The van der Waals surface area contributed by atoms with Gasteiger partial charge in [-0.05, 0) is 24.5 Å². The number of allylic oxidation sites excluding steroid dienone is 4. The fourth-order valence-electron chi connectivity index (χ4n) is 4.23. The Hall–Kier alpha value is -2.93. The number of likely N-dealkylation sites (N-methyl/N-ethyl adjacent to an activating group) is 1. The summed E-state index contributed by atoms with van der Waals surface area (Å²) in [6, 6.07) is 1.59. The zero-order valence-electron chi connectivity index (χ0n) is 19.6. The number of halogens is 5. The highest BCUT2D eigenvalue weighted by Crippen LogP contribution is 2.37. The van der Waals surface area contributed by atoms with Crippen LogP contribution in [0.1, 0.15) is 18.1 Å². The number of fused-ring (bicyclic) bond motifs is 3. The fourth-order valence-corrected chi connectivity index (χ4v) is 5.01. The number of alkyl halides is 4. The van der Waals surface area contributed by atoms with Crippen LogP contribution < -0.4 is 4.72 Å². The number of sulfonamides is 1. The SMILES string of the molecule is C=C/C=C1\C(=C(/C)F)OCCN(C)C(=O)N2CC(F)(F)[C@H](NS(=O)(=O)C(F)F)[C@@H]2Cc2cccc1c2. The van der Waals surface area contributed by atoms with Crippen molar-refractivity contribution in [2.45, 2.75) is 37.1 Å². The first kappa shape index (κ1) is 27.7. The lowest BCUT2D eigenvalue weighted by Crippen LogP contribution is -2.54. The number of rotatable bonds is 4. The van der Waals surface area contributed by atoms with Gasteiger partial charge in [-0.25, -0.2) is 26.4 Å². The molecular weight excluding hydrogens is 509 g/mol. The minimum atomic E-state index is -5.40. The number of nitrogens with one attached hydrogen (secondary N) is 1. The summed E-state index contributed by atoms with van der Waals surface area (Å²) >= 11 is 0. The van der Waals surface area contributed by atoms with Crippen molar-refractivity contribution in [2.24, 2.45) is 0 Å². The minimum absolute atomic E-state index is 0.0956. The topological polar surface area (TPSA) is 79.0 Å². The van der Waals surface area contributed by atoms with Gasteiger partial charge in [0.1, 0.15) is 18.5 Å². The Balaban J connectivity index is 2.15. The van der Waals surface area contributed by atoms with Gasteiger partial charge in [0.05, 0.1) is 19.1 Å². The van der Waals surface area contributed by atoms with Crippen LogP contribution in [0.5, 0.6) is 0 Å². The molecule has 1 aromatic carbocycles. The van der Waals surface area contributed by atoms with E-state index in [-0.39, 0.29) is 25.3 Å². The van der Waals surface area contributed by atoms with E-state index in [2.05, 4.69) is 6.58 Å². The van der Waals surface area contributed by atoms with E-state index >= 15 is 0 Å². The number of ether oxygens (including phenoxy) is 1. The molecule has 1 N–H and O–H groups in total. The Bertz CT molecular complexity index is 1180. The maximum atomic E-state index is 15.0. The lowest BCUT2D eigenvalue weighted by molar-refractivity contribution is -0.00556. The number of hydrogen-bond acceptors (Lipinski definition) is 4. The van der Waals surface area contributed by atoms with Crippen molar-refractivity contribution in [1.82, 2.24) is 14.5 Å². The lowest BCUT2D eigenvalue weighted by atomic mass is 9.95. The van der Waals surface area contributed by atoms with Gasteiger partial charge in [-0.1, -0.05) is 43.0 Å². The van der Waals surface area contributed by atoms with Crippen LogP contribution in [0, 0.1) is 0 Å². The zero-order valence-corrected chi connectivity index (χ0v) is 20.4. The Morgan fingerprint density at radius 2 is 2.03 bits per heavy atom. The minimum Gasteiger partial charge on any atom is -0.488 e. The maximum absolute atomic E-state index is 15.0. The first-order valence-electron chi connectivity index (χ1n) is 10.9. The van der Waals surface area contributed by atoms with E-state index in [9.17, 15) is 35.2 Å². The van der Waals surface area contributed by atoms with Crippen molar-refractivity contribution in [2.75, 3.05) is 26.7 Å². The predicted molar refractivity (Wildman–Crippen MR) is 123 cm³/mol. The molecule has 2 aliphatic heterocycles. The molecule has 0 radical (unpaired) electrons. The van der Waals surface area contributed by atoms with Crippen LogP contribution in [0.3, 0.4) is 0 Å². The highest BCUT2D eigenvalue weighted by atomic mass is 32.2. The summed E-state index contributed by atoms with van der Waals surface area (Å²) in [6.07, 6.45) is 2.62. The van der Waals surface area contributed by atoms with Gasteiger partial charge in [0.15, 0.2) is 5.76 Å². The molecule has 2 heterocycles. The van der Waals surface area contributed by atoms with Crippen LogP contribution in [0.25, 0.3) is 5.57 Å². The van der Waals surface area contributed by atoms with Crippen LogP contribution in [-0.2, 0) is 21.2 Å². The lowest BCUT2D eigenvalue weighted by Gasteiger charge is -2.31. The zero-order chi connectivity index (χ0) is 26.8. The van der Waals surface area contributed by atoms with E-state index in [4.69, 9.17) is 4.74 Å². The van der Waals surface area contributed by atoms with E-state index in [1.165, 1.54) is 30.8 Å². The van der Waals surface area contributed by atoms with Crippen molar-refractivity contribution in [3.05, 3.63) is 65.7 Å². The molecule has 2 aliphatic rings. The van der Waals surface area contributed by atoms with Crippen LogP contribution >= 0.6 is 0 Å². The van der Waals surface area contributed by atoms with Gasteiger partial charge >= 0.3 is 11.8 Å². The summed E-state index contributed by atoms with van der Waals surface area (Å²) < 4.78 is 101. The molecule has 1 saturated heterocycles. The summed E-state index contributed by atoms with van der Waals surface area (Å²) in [4.78, 5) is 14.9. The van der Waals surface area contributed by atoms with Crippen LogP contribution in [-0.4, -0.2) is 74.8 Å². The van der Waals surface area contributed by atoms with Gasteiger partial charge in [0.25, 0.3) is 15.9 Å². The molecule has 1 aromatic rings. The molecule has 2 amide bonds. The second-order valence-electron chi connectivity index (χ2n) is 8.49. The summed E-state index contributed by atoms with van der Waals surface area (Å²) in [5, 5.41) is 0. The summed E-state index contributed by atoms with van der Waals surface area (Å²) in [5.74, 6) is -8.50. The van der Waals surface area contributed by atoms with Crippen LogP contribution in [0.15, 0.2) is 54.6 Å². The molecule has 1 fully saturated rings. The number of benzene rings is 1. The Morgan fingerprint density at radius 1 is 1.33 bits per heavy atom. The van der Waals surface area contributed by atoms with E-state index in [0.29, 0.717) is 16.7 Å². The van der Waals surface area contributed by atoms with Gasteiger partial charge in [0, 0.05) is 12.6 Å². The molecule has 36 heavy (non-hydrogen) atoms. The third-order valence-electron chi connectivity index (χ3n) is 5.92. The third kappa shape index (κ3) is 5.72. The molecule has 0 saturated carbocycles. The highest BCUT2D eigenvalue weighted by molar-refractivity contribution is 7.89. The fraction of sp³-hybridized carbons (Fsp3) is 0.435. The molecule has 0 aliphatic carbocycles. The summed E-state index contributed by atoms with van der Waals surface area (Å²) in [5.41, 5.74) is 1.13. The monoisotopic (exact) mass is 535 g/mol. The number of amides is 2. The second kappa shape index (κ2) is 10.6. The molecule has 3 rings (SSSR count). The first-order valence-corrected chi connectivity index (χ1v) is 12.4. The van der Waals surface area contributed by atoms with E-state index in [1.807, 2.05) is 0 Å². The quantitative estimate of drug-likeness (QED) is 0.594. The van der Waals surface area contributed by atoms with Gasteiger partial charge in [-0.3, -0.25) is 0 Å². The van der Waals surface area contributed by atoms with Crippen molar-refractivity contribution in [1.29, 1.82) is 0 Å².